The maximum atomic E-state index is 12.9. The van der Waals surface area contributed by atoms with Crippen LogP contribution in [0.1, 0.15) is 69.7 Å². The summed E-state index contributed by atoms with van der Waals surface area (Å²) in [6.45, 7) is 6.72. The van der Waals surface area contributed by atoms with Gasteiger partial charge in [0.05, 0.1) is 25.0 Å². The van der Waals surface area contributed by atoms with Crippen LogP contribution in [0.3, 0.4) is 0 Å². The van der Waals surface area contributed by atoms with Gasteiger partial charge in [0.1, 0.15) is 0 Å². The van der Waals surface area contributed by atoms with Gasteiger partial charge in [0.2, 0.25) is 10.0 Å². The van der Waals surface area contributed by atoms with Crippen molar-refractivity contribution in [1.29, 1.82) is 0 Å². The molecule has 2 heterocycles. The number of ether oxygens (including phenoxy) is 1. The summed E-state index contributed by atoms with van der Waals surface area (Å²) >= 11 is 0. The molecular weight excluding hydrogens is 388 g/mol. The molecule has 1 aliphatic carbocycles. The molecule has 1 fully saturated rings. The van der Waals surface area contributed by atoms with E-state index in [1.807, 2.05) is 12.1 Å². The maximum absolute atomic E-state index is 12.9. The highest BCUT2D eigenvalue weighted by atomic mass is 32.2. The van der Waals surface area contributed by atoms with Crippen LogP contribution in [-0.2, 0) is 21.2 Å². The topological polar surface area (TPSA) is 77.4 Å². The molecule has 1 aliphatic heterocycles. The first kappa shape index (κ1) is 22.5. The van der Waals surface area contributed by atoms with E-state index in [9.17, 15) is 13.2 Å². The Labute approximate surface area is 175 Å². The second-order valence-corrected chi connectivity index (χ2v) is 11.2. The monoisotopic (exact) mass is 424 g/mol. The standard InChI is InChI=1S/C22H36N2O4S/c1-15(2)13-17-6-10-19(11-7-17)28-14-21-20(23-29(4,26)27)12-9-18-8-5-16(3)22(25)24(18)21/h5,8,15,17,19-21,23H,6-7,9-14H2,1-4H3. The summed E-state index contributed by atoms with van der Waals surface area (Å²) < 4.78 is 34.6. The minimum atomic E-state index is -3.37. The average molecular weight is 425 g/mol. The quantitative estimate of drug-likeness (QED) is 0.729. The van der Waals surface area contributed by atoms with E-state index in [2.05, 4.69) is 18.6 Å². The number of nitrogens with one attached hydrogen (secondary N) is 1. The van der Waals surface area contributed by atoms with Crippen molar-refractivity contribution in [2.45, 2.75) is 83.9 Å². The molecule has 1 aromatic rings. The van der Waals surface area contributed by atoms with Crippen molar-refractivity contribution < 1.29 is 13.2 Å². The van der Waals surface area contributed by atoms with Crippen LogP contribution in [0.2, 0.25) is 0 Å². The van der Waals surface area contributed by atoms with E-state index < -0.39 is 10.0 Å². The lowest BCUT2D eigenvalue weighted by Crippen LogP contribution is -2.49. The molecule has 7 heteroatoms. The fraction of sp³-hybridized carbons (Fsp3) is 0.773. The Hall–Kier alpha value is -1.18. The fourth-order valence-corrected chi connectivity index (χ4v) is 5.80. The van der Waals surface area contributed by atoms with E-state index in [-0.39, 0.29) is 23.7 Å². The normalized spacial score (nSPS) is 27.8. The van der Waals surface area contributed by atoms with Crippen LogP contribution in [0.15, 0.2) is 16.9 Å². The molecule has 6 nitrogen and oxygen atoms in total. The highest BCUT2D eigenvalue weighted by Crippen LogP contribution is 2.32. The molecule has 0 aromatic carbocycles. The number of aromatic nitrogens is 1. The van der Waals surface area contributed by atoms with Crippen molar-refractivity contribution in [3.8, 4) is 0 Å². The Morgan fingerprint density at radius 1 is 1.17 bits per heavy atom. The molecule has 2 atom stereocenters. The summed E-state index contributed by atoms with van der Waals surface area (Å²) in [6, 6.07) is 3.20. The predicted octanol–water partition coefficient (Wildman–Crippen LogP) is 3.18. The van der Waals surface area contributed by atoms with Crippen LogP contribution in [0, 0.1) is 18.8 Å². The third kappa shape index (κ3) is 5.92. The van der Waals surface area contributed by atoms with Gasteiger partial charge < -0.3 is 9.30 Å². The predicted molar refractivity (Wildman–Crippen MR) is 116 cm³/mol. The molecule has 1 N–H and O–H groups in total. The van der Waals surface area contributed by atoms with Crippen LogP contribution >= 0.6 is 0 Å². The van der Waals surface area contributed by atoms with Crippen LogP contribution in [0.5, 0.6) is 0 Å². The van der Waals surface area contributed by atoms with E-state index in [1.54, 1.807) is 11.5 Å². The van der Waals surface area contributed by atoms with Crippen LogP contribution in [0.4, 0.5) is 0 Å². The van der Waals surface area contributed by atoms with Gasteiger partial charge >= 0.3 is 0 Å². The zero-order chi connectivity index (χ0) is 21.2. The molecule has 0 radical (unpaired) electrons. The Kier molecular flexibility index (Phi) is 7.23. The van der Waals surface area contributed by atoms with E-state index in [0.717, 1.165) is 30.4 Å². The maximum Gasteiger partial charge on any atom is 0.254 e. The summed E-state index contributed by atoms with van der Waals surface area (Å²) in [5.41, 5.74) is 1.59. The summed E-state index contributed by atoms with van der Waals surface area (Å²) in [4.78, 5) is 12.9. The lowest BCUT2D eigenvalue weighted by molar-refractivity contribution is -0.00817. The highest BCUT2D eigenvalue weighted by Gasteiger charge is 2.33. The number of hydrogen-bond donors (Lipinski definition) is 1. The average Bonchev–Trinajstić information content (AvgIpc) is 2.63. The Bertz CT molecular complexity index is 854. The molecule has 0 amide bonds. The van der Waals surface area contributed by atoms with E-state index in [0.29, 0.717) is 25.0 Å². The van der Waals surface area contributed by atoms with Crippen molar-refractivity contribution in [2.24, 2.45) is 11.8 Å². The van der Waals surface area contributed by atoms with Gasteiger partial charge in [-0.05, 0) is 69.8 Å². The molecular formula is C22H36N2O4S. The van der Waals surface area contributed by atoms with E-state index >= 15 is 0 Å². The fourth-order valence-electron chi connectivity index (χ4n) is 4.98. The van der Waals surface area contributed by atoms with Crippen molar-refractivity contribution >= 4 is 10.0 Å². The first-order valence-corrected chi connectivity index (χ1v) is 12.8. The second-order valence-electron chi connectivity index (χ2n) is 9.39. The summed E-state index contributed by atoms with van der Waals surface area (Å²) in [7, 11) is -3.37. The molecule has 2 aliphatic rings. The molecule has 29 heavy (non-hydrogen) atoms. The lowest BCUT2D eigenvalue weighted by atomic mass is 9.82. The van der Waals surface area contributed by atoms with Crippen molar-refractivity contribution in [3.63, 3.8) is 0 Å². The van der Waals surface area contributed by atoms with Gasteiger partial charge in [0, 0.05) is 17.3 Å². The van der Waals surface area contributed by atoms with Gasteiger partial charge in [-0.2, -0.15) is 0 Å². The second kappa shape index (κ2) is 9.31. The number of pyridine rings is 1. The summed E-state index contributed by atoms with van der Waals surface area (Å²) in [5.74, 6) is 1.52. The number of nitrogens with zero attached hydrogens (tertiary/aromatic N) is 1. The van der Waals surface area contributed by atoms with Gasteiger partial charge in [0.15, 0.2) is 0 Å². The number of rotatable bonds is 7. The molecule has 1 aromatic heterocycles. The van der Waals surface area contributed by atoms with E-state index in [1.165, 1.54) is 25.5 Å². The van der Waals surface area contributed by atoms with Crippen LogP contribution in [-0.4, -0.2) is 38.0 Å². The smallest absolute Gasteiger partial charge is 0.254 e. The van der Waals surface area contributed by atoms with Gasteiger partial charge in [-0.3, -0.25) is 4.79 Å². The Balaban J connectivity index is 1.72. The molecule has 164 valence electrons. The van der Waals surface area contributed by atoms with E-state index in [4.69, 9.17) is 4.74 Å². The minimum absolute atomic E-state index is 0.0447. The third-order valence-electron chi connectivity index (χ3n) is 6.37. The molecule has 0 saturated heterocycles. The number of sulfonamides is 1. The van der Waals surface area contributed by atoms with Crippen molar-refractivity contribution in [3.05, 3.63) is 33.7 Å². The van der Waals surface area contributed by atoms with Gasteiger partial charge in [-0.25, -0.2) is 13.1 Å². The zero-order valence-electron chi connectivity index (χ0n) is 18.2. The summed E-state index contributed by atoms with van der Waals surface area (Å²) in [5, 5.41) is 0. The summed E-state index contributed by atoms with van der Waals surface area (Å²) in [6.07, 6.45) is 8.47. The van der Waals surface area contributed by atoms with Crippen LogP contribution < -0.4 is 10.3 Å². The highest BCUT2D eigenvalue weighted by molar-refractivity contribution is 7.88. The van der Waals surface area contributed by atoms with Crippen molar-refractivity contribution in [2.75, 3.05) is 12.9 Å². The third-order valence-corrected chi connectivity index (χ3v) is 7.10. The minimum Gasteiger partial charge on any atom is -0.376 e. The van der Waals surface area contributed by atoms with Gasteiger partial charge in [0.25, 0.3) is 5.56 Å². The number of aryl methyl sites for hydroxylation is 2. The Morgan fingerprint density at radius 2 is 1.86 bits per heavy atom. The first-order chi connectivity index (χ1) is 13.6. The SMILES string of the molecule is Cc1ccc2n(c1=O)C(COC1CCC(CC(C)C)CC1)C(NS(C)(=O)=O)CC2. The molecule has 2 unspecified atom stereocenters. The number of hydrogen-bond acceptors (Lipinski definition) is 4. The Morgan fingerprint density at radius 3 is 2.48 bits per heavy atom. The molecule has 1 saturated carbocycles. The van der Waals surface area contributed by atoms with Crippen LogP contribution in [0.25, 0.3) is 0 Å². The zero-order valence-corrected chi connectivity index (χ0v) is 19.0. The largest absolute Gasteiger partial charge is 0.376 e. The van der Waals surface area contributed by atoms with Gasteiger partial charge in [-0.15, -0.1) is 0 Å². The first-order valence-electron chi connectivity index (χ1n) is 10.9. The van der Waals surface area contributed by atoms with Gasteiger partial charge in [-0.1, -0.05) is 19.9 Å². The lowest BCUT2D eigenvalue weighted by Gasteiger charge is -2.37. The molecule has 0 spiro atoms. The van der Waals surface area contributed by atoms with Crippen molar-refractivity contribution in [1.82, 2.24) is 9.29 Å². The molecule has 3 rings (SSSR count). The molecule has 0 bridgehead atoms. The number of fused-ring (bicyclic) bond motifs is 1.